The van der Waals surface area contributed by atoms with Crippen LogP contribution in [0, 0.1) is 6.92 Å². The topological polar surface area (TPSA) is 47.6 Å². The number of hydrogen-bond donors (Lipinski definition) is 1. The molecular formula is C24H23NO3. The molecule has 0 unspecified atom stereocenters. The van der Waals surface area contributed by atoms with Gasteiger partial charge in [-0.25, -0.2) is 0 Å². The van der Waals surface area contributed by atoms with Crippen molar-refractivity contribution in [3.8, 4) is 22.6 Å². The summed E-state index contributed by atoms with van der Waals surface area (Å²) in [7, 11) is 0. The highest BCUT2D eigenvalue weighted by Crippen LogP contribution is 2.51. The van der Waals surface area contributed by atoms with Gasteiger partial charge in [-0.15, -0.1) is 0 Å². The zero-order valence-electron chi connectivity index (χ0n) is 15.7. The lowest BCUT2D eigenvalue weighted by Crippen LogP contribution is -2.27. The number of nitrogens with one attached hydrogen (secondary N) is 1. The van der Waals surface area contributed by atoms with Gasteiger partial charge in [-0.05, 0) is 60.7 Å². The van der Waals surface area contributed by atoms with Crippen molar-refractivity contribution in [2.45, 2.75) is 25.2 Å². The molecule has 0 spiro atoms. The van der Waals surface area contributed by atoms with Crippen molar-refractivity contribution in [2.75, 3.05) is 12.1 Å². The second kappa shape index (κ2) is 6.41. The number of aryl methyl sites for hydroxylation is 1. The number of carbonyl (C=O) groups excluding carboxylic acids is 1. The van der Waals surface area contributed by atoms with E-state index in [1.54, 1.807) is 0 Å². The Hall–Kier alpha value is -3.27. The summed E-state index contributed by atoms with van der Waals surface area (Å²) in [5.41, 5.74) is 4.79. The van der Waals surface area contributed by atoms with Crippen molar-refractivity contribution in [1.82, 2.24) is 0 Å². The minimum Gasteiger partial charge on any atom is -0.454 e. The van der Waals surface area contributed by atoms with Gasteiger partial charge in [-0.3, -0.25) is 4.79 Å². The zero-order valence-corrected chi connectivity index (χ0v) is 15.7. The third-order valence-corrected chi connectivity index (χ3v) is 5.58. The van der Waals surface area contributed by atoms with Gasteiger partial charge in [0.15, 0.2) is 11.5 Å². The number of rotatable bonds is 4. The van der Waals surface area contributed by atoms with E-state index in [2.05, 4.69) is 42.6 Å². The predicted octanol–water partition coefficient (Wildman–Crippen LogP) is 5.31. The van der Waals surface area contributed by atoms with E-state index in [4.69, 9.17) is 9.47 Å². The van der Waals surface area contributed by atoms with Crippen molar-refractivity contribution < 1.29 is 15.7 Å². The van der Waals surface area contributed by atoms with Crippen molar-refractivity contribution >= 4 is 11.6 Å². The quantitative estimate of drug-likeness (QED) is 0.674. The van der Waals surface area contributed by atoms with Gasteiger partial charge < -0.3 is 14.8 Å². The summed E-state index contributed by atoms with van der Waals surface area (Å²) in [6.07, 6.45) is 1.69. The summed E-state index contributed by atoms with van der Waals surface area (Å²) in [4.78, 5) is 13.1. The van der Waals surface area contributed by atoms with E-state index in [1.807, 2.05) is 36.4 Å². The lowest BCUT2D eigenvalue weighted by molar-refractivity contribution is -0.118. The molecule has 142 valence electrons. The predicted molar refractivity (Wildman–Crippen MR) is 111 cm³/mol. The maximum absolute atomic E-state index is 13.1. The smallest absolute Gasteiger partial charge is 0.235 e. The Kier molecular flexibility index (Phi) is 3.86. The van der Waals surface area contributed by atoms with Crippen LogP contribution in [0.5, 0.6) is 11.5 Å². The van der Waals surface area contributed by atoms with E-state index < -0.39 is 5.41 Å². The van der Waals surface area contributed by atoms with Crippen LogP contribution in [-0.4, -0.2) is 12.7 Å². The van der Waals surface area contributed by atoms with Crippen LogP contribution in [0.3, 0.4) is 0 Å². The first kappa shape index (κ1) is 16.9. The molecule has 3 aromatic rings. The Morgan fingerprint density at radius 3 is 2.46 bits per heavy atom. The Morgan fingerprint density at radius 2 is 1.68 bits per heavy atom. The number of benzene rings is 3. The van der Waals surface area contributed by atoms with Gasteiger partial charge in [0.05, 0.1) is 5.41 Å². The second-order valence-electron chi connectivity index (χ2n) is 7.55. The Labute approximate surface area is 165 Å². The summed E-state index contributed by atoms with van der Waals surface area (Å²) >= 11 is 0. The first-order valence-corrected chi connectivity index (χ1v) is 9.53. The average Bonchev–Trinajstić information content (AvgIpc) is 3.39. The molecule has 1 amide bonds. The van der Waals surface area contributed by atoms with Crippen LogP contribution in [0.15, 0.2) is 66.7 Å². The molecule has 4 nitrogen and oxygen atoms in total. The average molecular weight is 373 g/mol. The molecule has 4 heteroatoms. The largest absolute Gasteiger partial charge is 0.454 e. The van der Waals surface area contributed by atoms with E-state index in [-0.39, 0.29) is 14.1 Å². The van der Waals surface area contributed by atoms with E-state index in [0.717, 1.165) is 46.7 Å². The van der Waals surface area contributed by atoms with E-state index in [0.29, 0.717) is 0 Å². The molecule has 5 rings (SSSR count). The highest BCUT2D eigenvalue weighted by Gasteiger charge is 2.51. The molecule has 1 fully saturated rings. The summed E-state index contributed by atoms with van der Waals surface area (Å²) in [6.45, 7) is 2.32. The van der Waals surface area contributed by atoms with Crippen molar-refractivity contribution in [2.24, 2.45) is 0 Å². The molecule has 1 saturated carbocycles. The molecule has 1 N–H and O–H groups in total. The van der Waals surface area contributed by atoms with Crippen molar-refractivity contribution in [1.29, 1.82) is 0 Å². The molecule has 0 saturated heterocycles. The van der Waals surface area contributed by atoms with Gasteiger partial charge in [0.25, 0.3) is 0 Å². The Balaban J connectivity index is 0.00000205. The maximum Gasteiger partial charge on any atom is 0.235 e. The monoisotopic (exact) mass is 373 g/mol. The second-order valence-corrected chi connectivity index (χ2v) is 7.55. The van der Waals surface area contributed by atoms with Gasteiger partial charge in [0.2, 0.25) is 12.7 Å². The lowest BCUT2D eigenvalue weighted by Gasteiger charge is -2.17. The van der Waals surface area contributed by atoms with Gasteiger partial charge in [-0.1, -0.05) is 48.0 Å². The minimum atomic E-state index is -0.472. The number of ether oxygens (including phenoxy) is 2. The number of hydrogen-bond acceptors (Lipinski definition) is 3. The highest BCUT2D eigenvalue weighted by atomic mass is 16.7. The summed E-state index contributed by atoms with van der Waals surface area (Å²) in [5, 5.41) is 3.12. The molecule has 28 heavy (non-hydrogen) atoms. The minimum absolute atomic E-state index is 0. The van der Waals surface area contributed by atoms with Gasteiger partial charge in [0, 0.05) is 7.11 Å². The zero-order chi connectivity index (χ0) is 19.1. The molecular weight excluding hydrogens is 350 g/mol. The van der Waals surface area contributed by atoms with E-state index in [9.17, 15) is 4.79 Å². The summed E-state index contributed by atoms with van der Waals surface area (Å²) in [6, 6.07) is 22.2. The highest BCUT2D eigenvalue weighted by molar-refractivity contribution is 6.01. The van der Waals surface area contributed by atoms with E-state index in [1.165, 1.54) is 5.56 Å². The van der Waals surface area contributed by atoms with Crippen LogP contribution < -0.4 is 14.8 Å². The number of anilines is 1. The molecule has 1 heterocycles. The fraction of sp³-hybridized carbons (Fsp3) is 0.208. The third-order valence-electron chi connectivity index (χ3n) is 5.58. The Morgan fingerprint density at radius 1 is 0.929 bits per heavy atom. The van der Waals surface area contributed by atoms with Crippen LogP contribution in [0.4, 0.5) is 5.69 Å². The van der Waals surface area contributed by atoms with Gasteiger partial charge in [-0.2, -0.15) is 0 Å². The molecule has 0 bridgehead atoms. The van der Waals surface area contributed by atoms with Crippen LogP contribution in [0.1, 0.15) is 25.4 Å². The van der Waals surface area contributed by atoms with Crippen LogP contribution >= 0.6 is 0 Å². The first-order chi connectivity index (χ1) is 13.6. The van der Waals surface area contributed by atoms with Gasteiger partial charge in [0.1, 0.15) is 0 Å². The Bertz CT molecular complexity index is 1080. The molecule has 1 aliphatic carbocycles. The van der Waals surface area contributed by atoms with E-state index >= 15 is 0 Å². The van der Waals surface area contributed by atoms with Crippen LogP contribution in [0.25, 0.3) is 11.1 Å². The number of amides is 1. The van der Waals surface area contributed by atoms with Gasteiger partial charge >= 0.3 is 0 Å². The first-order valence-electron chi connectivity index (χ1n) is 9.53. The fourth-order valence-electron chi connectivity index (χ4n) is 3.82. The fourth-order valence-corrected chi connectivity index (χ4v) is 3.82. The molecule has 3 aromatic carbocycles. The molecule has 0 radical (unpaired) electrons. The molecule has 2 aliphatic rings. The van der Waals surface area contributed by atoms with Crippen molar-refractivity contribution in [3.63, 3.8) is 0 Å². The summed E-state index contributed by atoms with van der Waals surface area (Å²) < 4.78 is 10.9. The van der Waals surface area contributed by atoms with Crippen LogP contribution in [-0.2, 0) is 10.2 Å². The van der Waals surface area contributed by atoms with Crippen molar-refractivity contribution in [3.05, 3.63) is 77.9 Å². The standard InChI is InChI=1S/C24H21NO3.H2/c1-16-4-2-5-17(12-16)18-6-3-7-20(13-18)25-23(26)24(10-11-24)19-8-9-21-22(14-19)28-15-27-21;/h2-9,12-14H,10-11,15H2,1H3,(H,25,26);1H. The molecule has 0 aromatic heterocycles. The molecule has 0 atom stereocenters. The summed E-state index contributed by atoms with van der Waals surface area (Å²) in [5.74, 6) is 1.50. The lowest BCUT2D eigenvalue weighted by atomic mass is 9.94. The van der Waals surface area contributed by atoms with Crippen LogP contribution in [0.2, 0.25) is 0 Å². The SMILES string of the molecule is Cc1cccc(-c2cccc(NC(=O)C3(c4ccc5c(c4)OCO5)CC3)c2)c1.[HH]. The number of carbonyl (C=O) groups is 1. The molecule has 1 aliphatic heterocycles. The normalized spacial score (nSPS) is 15.9. The third kappa shape index (κ3) is 2.91. The number of fused-ring (bicyclic) bond motifs is 1. The maximum atomic E-state index is 13.1.